The Bertz CT molecular complexity index is 154. The second kappa shape index (κ2) is 5.47. The van der Waals surface area contributed by atoms with E-state index in [9.17, 15) is 9.90 Å². The van der Waals surface area contributed by atoms with E-state index in [1.807, 2.05) is 0 Å². The molecule has 0 saturated carbocycles. The second-order valence-electron chi connectivity index (χ2n) is 2.71. The SMILES string of the molecule is COC[C@@H]1CCCN1C(=O)[O-].[Li+]. The normalized spacial score (nSPS) is 22.1. The Morgan fingerprint density at radius 1 is 1.75 bits per heavy atom. The molecule has 0 aromatic rings. The minimum absolute atomic E-state index is 0. The van der Waals surface area contributed by atoms with Crippen LogP contribution < -0.4 is 24.0 Å². The van der Waals surface area contributed by atoms with Crippen LogP contribution in [0.25, 0.3) is 0 Å². The van der Waals surface area contributed by atoms with Crippen LogP contribution in [0.3, 0.4) is 0 Å². The summed E-state index contributed by atoms with van der Waals surface area (Å²) < 4.78 is 4.87. The van der Waals surface area contributed by atoms with E-state index in [0.717, 1.165) is 12.8 Å². The van der Waals surface area contributed by atoms with E-state index in [0.29, 0.717) is 13.2 Å². The first-order chi connectivity index (χ1) is 5.25. The third-order valence-electron chi connectivity index (χ3n) is 1.97. The Morgan fingerprint density at radius 3 is 2.92 bits per heavy atom. The molecule has 64 valence electrons. The molecule has 1 amide bonds. The molecule has 1 aliphatic rings. The van der Waals surface area contributed by atoms with Crippen LogP contribution in [0, 0.1) is 0 Å². The number of amides is 1. The fraction of sp³-hybridized carbons (Fsp3) is 0.857. The van der Waals surface area contributed by atoms with Gasteiger partial charge in [0, 0.05) is 13.7 Å². The minimum Gasteiger partial charge on any atom is -0.530 e. The van der Waals surface area contributed by atoms with Gasteiger partial charge in [0.15, 0.2) is 0 Å². The standard InChI is InChI=1S/C7H13NO3.Li/c1-11-5-6-3-2-4-8(6)7(9)10;/h6H,2-5H2,1H3,(H,9,10);/q;+1/p-1/t6-;/m0./s1. The number of ether oxygens (including phenoxy) is 1. The third-order valence-corrected chi connectivity index (χ3v) is 1.97. The molecule has 1 heterocycles. The van der Waals surface area contributed by atoms with Crippen molar-refractivity contribution in [1.82, 2.24) is 4.90 Å². The summed E-state index contributed by atoms with van der Waals surface area (Å²) in [6.07, 6.45) is 0.730. The fourth-order valence-corrected chi connectivity index (χ4v) is 1.44. The molecule has 1 atom stereocenters. The fourth-order valence-electron chi connectivity index (χ4n) is 1.44. The predicted octanol–water partition coefficient (Wildman–Crippen LogP) is -3.56. The van der Waals surface area contributed by atoms with Crippen molar-refractivity contribution in [2.24, 2.45) is 0 Å². The topological polar surface area (TPSA) is 52.6 Å². The first-order valence-electron chi connectivity index (χ1n) is 3.72. The molecule has 0 radical (unpaired) electrons. The molecule has 0 N–H and O–H groups in total. The van der Waals surface area contributed by atoms with Crippen LogP contribution in [0.4, 0.5) is 4.79 Å². The molecule has 5 heteroatoms. The van der Waals surface area contributed by atoms with Crippen molar-refractivity contribution >= 4 is 6.09 Å². The molecule has 0 aliphatic carbocycles. The third kappa shape index (κ3) is 2.70. The Balaban J connectivity index is 0.00000121. The quantitative estimate of drug-likeness (QED) is 0.398. The number of likely N-dealkylation sites (tertiary alicyclic amines) is 1. The molecule has 0 unspecified atom stereocenters. The number of carbonyl (C=O) groups excluding carboxylic acids is 1. The van der Waals surface area contributed by atoms with Gasteiger partial charge in [0.1, 0.15) is 6.09 Å². The van der Waals surface area contributed by atoms with Crippen LogP contribution in [-0.4, -0.2) is 37.3 Å². The van der Waals surface area contributed by atoms with Gasteiger partial charge in [-0.1, -0.05) is 0 Å². The van der Waals surface area contributed by atoms with E-state index in [4.69, 9.17) is 4.74 Å². The molecule has 1 rings (SSSR count). The summed E-state index contributed by atoms with van der Waals surface area (Å²) in [4.78, 5) is 11.8. The number of methoxy groups -OCH3 is 1. The second-order valence-corrected chi connectivity index (χ2v) is 2.71. The summed E-state index contributed by atoms with van der Waals surface area (Å²) in [5, 5.41) is 10.4. The van der Waals surface area contributed by atoms with Crippen LogP contribution >= 0.6 is 0 Å². The monoisotopic (exact) mass is 165 g/mol. The summed E-state index contributed by atoms with van der Waals surface area (Å²) in [5.74, 6) is 0. The van der Waals surface area contributed by atoms with Crippen LogP contribution in [0.2, 0.25) is 0 Å². The summed E-state index contributed by atoms with van der Waals surface area (Å²) in [6.45, 7) is 1.07. The Morgan fingerprint density at radius 2 is 2.42 bits per heavy atom. The number of carbonyl (C=O) groups is 1. The van der Waals surface area contributed by atoms with Crippen molar-refractivity contribution in [3.63, 3.8) is 0 Å². The Kier molecular flexibility index (Phi) is 5.39. The van der Waals surface area contributed by atoms with Crippen molar-refractivity contribution in [1.29, 1.82) is 0 Å². The first-order valence-corrected chi connectivity index (χ1v) is 3.72. The maximum atomic E-state index is 10.4. The molecule has 0 aromatic heterocycles. The molecule has 1 fully saturated rings. The van der Waals surface area contributed by atoms with Gasteiger partial charge < -0.3 is 19.5 Å². The van der Waals surface area contributed by atoms with E-state index >= 15 is 0 Å². The molecular weight excluding hydrogens is 153 g/mol. The van der Waals surface area contributed by atoms with Gasteiger partial charge in [-0.2, -0.15) is 0 Å². The zero-order valence-electron chi connectivity index (χ0n) is 7.58. The van der Waals surface area contributed by atoms with E-state index in [1.54, 1.807) is 7.11 Å². The van der Waals surface area contributed by atoms with Gasteiger partial charge in [0.25, 0.3) is 0 Å². The van der Waals surface area contributed by atoms with Gasteiger partial charge >= 0.3 is 18.9 Å². The van der Waals surface area contributed by atoms with Gasteiger partial charge in [0.2, 0.25) is 0 Å². The largest absolute Gasteiger partial charge is 1.00 e. The molecule has 1 saturated heterocycles. The number of hydrogen-bond donors (Lipinski definition) is 0. The van der Waals surface area contributed by atoms with Crippen molar-refractivity contribution in [2.45, 2.75) is 18.9 Å². The van der Waals surface area contributed by atoms with Gasteiger partial charge in [-0.3, -0.25) is 0 Å². The number of carboxylic acid groups (broad SMARTS) is 1. The van der Waals surface area contributed by atoms with Crippen LogP contribution in [0.5, 0.6) is 0 Å². The van der Waals surface area contributed by atoms with E-state index < -0.39 is 6.09 Å². The smallest absolute Gasteiger partial charge is 0.530 e. The minimum atomic E-state index is -1.08. The summed E-state index contributed by atoms with van der Waals surface area (Å²) in [6, 6.07) is 0.0185. The van der Waals surface area contributed by atoms with Crippen molar-refractivity contribution < 1.29 is 33.5 Å². The predicted molar refractivity (Wildman–Crippen MR) is 37.0 cm³/mol. The molecule has 0 aromatic carbocycles. The summed E-state index contributed by atoms with van der Waals surface area (Å²) in [7, 11) is 1.58. The van der Waals surface area contributed by atoms with Crippen molar-refractivity contribution in [2.75, 3.05) is 20.3 Å². The van der Waals surface area contributed by atoms with Gasteiger partial charge in [-0.05, 0) is 12.8 Å². The number of nitrogens with zero attached hydrogens (tertiary/aromatic N) is 1. The van der Waals surface area contributed by atoms with Crippen LogP contribution in [0.1, 0.15) is 12.8 Å². The number of rotatable bonds is 2. The van der Waals surface area contributed by atoms with Crippen molar-refractivity contribution in [3.05, 3.63) is 0 Å². The van der Waals surface area contributed by atoms with Crippen molar-refractivity contribution in [3.8, 4) is 0 Å². The zero-order chi connectivity index (χ0) is 8.27. The zero-order valence-corrected chi connectivity index (χ0v) is 7.58. The van der Waals surface area contributed by atoms with Crippen LogP contribution in [0.15, 0.2) is 0 Å². The number of hydrogen-bond acceptors (Lipinski definition) is 3. The summed E-state index contributed by atoms with van der Waals surface area (Å²) >= 11 is 0. The van der Waals surface area contributed by atoms with E-state index in [-0.39, 0.29) is 24.9 Å². The van der Waals surface area contributed by atoms with E-state index in [1.165, 1.54) is 4.90 Å². The maximum Gasteiger partial charge on any atom is 1.00 e. The Labute approximate surface area is 84.0 Å². The molecule has 0 spiro atoms. The van der Waals surface area contributed by atoms with E-state index in [2.05, 4.69) is 0 Å². The molecule has 0 bridgehead atoms. The average Bonchev–Trinajstić information content (AvgIpc) is 2.36. The molecule has 1 aliphatic heterocycles. The molecule has 12 heavy (non-hydrogen) atoms. The first kappa shape index (κ1) is 11.8. The molecule has 4 nitrogen and oxygen atoms in total. The molecular formula is C7H12LiNO3. The van der Waals surface area contributed by atoms with Gasteiger partial charge in [0.05, 0.1) is 12.6 Å². The maximum absolute atomic E-state index is 10.4. The Hall–Kier alpha value is -0.173. The van der Waals surface area contributed by atoms with Gasteiger partial charge in [-0.25, -0.2) is 0 Å². The van der Waals surface area contributed by atoms with Crippen LogP contribution in [-0.2, 0) is 4.74 Å². The summed E-state index contributed by atoms with van der Waals surface area (Å²) in [5.41, 5.74) is 0. The van der Waals surface area contributed by atoms with Gasteiger partial charge in [-0.15, -0.1) is 0 Å². The average molecular weight is 165 g/mol.